The van der Waals surface area contributed by atoms with Crippen molar-refractivity contribution >= 4 is 49.5 Å². The molecule has 1 atom stereocenters. The minimum atomic E-state index is -0.0286. The first-order valence-corrected chi connectivity index (χ1v) is 8.31. The molecule has 1 rings (SSSR count). The molecule has 0 saturated heterocycles. The first-order chi connectivity index (χ1) is 8.08. The van der Waals surface area contributed by atoms with Crippen molar-refractivity contribution in [2.24, 2.45) is 0 Å². The molecule has 0 aliphatic carbocycles. The van der Waals surface area contributed by atoms with Gasteiger partial charge in [-0.2, -0.15) is 11.8 Å². The summed E-state index contributed by atoms with van der Waals surface area (Å²) < 4.78 is 1.72. The van der Waals surface area contributed by atoms with Crippen LogP contribution in [0, 0.1) is 0 Å². The van der Waals surface area contributed by atoms with Crippen LogP contribution in [-0.4, -0.2) is 24.0 Å². The van der Waals surface area contributed by atoms with E-state index in [1.54, 1.807) is 11.8 Å². The molecule has 0 aromatic heterocycles. The summed E-state index contributed by atoms with van der Waals surface area (Å²) in [5, 5.41) is 3.04. The normalized spacial score (nSPS) is 12.2. The minimum Gasteiger partial charge on any atom is -0.348 e. The van der Waals surface area contributed by atoms with E-state index in [0.717, 1.165) is 21.1 Å². The molecule has 0 saturated carbocycles. The Morgan fingerprint density at radius 3 is 2.76 bits per heavy atom. The number of hydrogen-bond donors (Lipinski definition) is 1. The van der Waals surface area contributed by atoms with Crippen molar-refractivity contribution in [3.05, 3.63) is 32.7 Å². The van der Waals surface area contributed by atoms with Gasteiger partial charge in [0.1, 0.15) is 0 Å². The van der Waals surface area contributed by atoms with E-state index in [1.165, 1.54) is 0 Å². The van der Waals surface area contributed by atoms with Crippen LogP contribution in [0.2, 0.25) is 0 Å². The van der Waals surface area contributed by atoms with Crippen LogP contribution in [0.1, 0.15) is 23.7 Å². The molecule has 1 N–H and O–H groups in total. The lowest BCUT2D eigenvalue weighted by Crippen LogP contribution is -2.36. The Labute approximate surface area is 123 Å². The summed E-state index contributed by atoms with van der Waals surface area (Å²) >= 11 is 8.51. The predicted molar refractivity (Wildman–Crippen MR) is 81.8 cm³/mol. The first kappa shape index (κ1) is 15.1. The van der Waals surface area contributed by atoms with E-state index in [1.807, 2.05) is 24.5 Å². The molecular formula is C12H15Br2NOS. The molecule has 0 aliphatic heterocycles. The number of carbonyl (C=O) groups is 1. The third-order valence-corrected chi connectivity index (χ3v) is 4.29. The molecule has 0 bridgehead atoms. The predicted octanol–water partition coefficient (Wildman–Crippen LogP) is 4.08. The van der Waals surface area contributed by atoms with Gasteiger partial charge < -0.3 is 5.32 Å². The fourth-order valence-corrected chi connectivity index (χ4v) is 2.91. The third-order valence-electron chi connectivity index (χ3n) is 2.37. The maximum Gasteiger partial charge on any atom is 0.252 e. The quantitative estimate of drug-likeness (QED) is 0.833. The van der Waals surface area contributed by atoms with Gasteiger partial charge in [0.15, 0.2) is 0 Å². The van der Waals surface area contributed by atoms with Gasteiger partial charge in [0.2, 0.25) is 0 Å². The molecule has 0 heterocycles. The standard InChI is InChI=1S/C12H15Br2NOS/c1-3-9(7-17-2)15-12(16)10-6-8(13)4-5-11(10)14/h4-6,9H,3,7H2,1-2H3,(H,15,16). The molecule has 2 nitrogen and oxygen atoms in total. The number of carbonyl (C=O) groups excluding carboxylic acids is 1. The zero-order chi connectivity index (χ0) is 12.8. The fourth-order valence-electron chi connectivity index (χ4n) is 1.40. The summed E-state index contributed by atoms with van der Waals surface area (Å²) in [5.41, 5.74) is 0.666. The molecule has 0 aliphatic rings. The van der Waals surface area contributed by atoms with Gasteiger partial charge in [0, 0.05) is 20.7 Å². The van der Waals surface area contributed by atoms with E-state index in [0.29, 0.717) is 5.56 Å². The van der Waals surface area contributed by atoms with E-state index in [4.69, 9.17) is 0 Å². The number of nitrogens with one attached hydrogen (secondary N) is 1. The number of benzene rings is 1. The molecule has 5 heteroatoms. The highest BCUT2D eigenvalue weighted by molar-refractivity contribution is 9.11. The summed E-state index contributed by atoms with van der Waals surface area (Å²) in [6.07, 6.45) is 2.99. The van der Waals surface area contributed by atoms with E-state index < -0.39 is 0 Å². The Balaban J connectivity index is 2.78. The van der Waals surface area contributed by atoms with Crippen molar-refractivity contribution in [2.75, 3.05) is 12.0 Å². The summed E-state index contributed by atoms with van der Waals surface area (Å²) in [6.45, 7) is 2.08. The van der Waals surface area contributed by atoms with Crippen molar-refractivity contribution in [3.8, 4) is 0 Å². The third kappa shape index (κ3) is 4.64. The van der Waals surface area contributed by atoms with Crippen LogP contribution in [0.25, 0.3) is 0 Å². The summed E-state index contributed by atoms with van der Waals surface area (Å²) in [7, 11) is 0. The minimum absolute atomic E-state index is 0.0286. The lowest BCUT2D eigenvalue weighted by Gasteiger charge is -2.16. The molecule has 1 unspecified atom stereocenters. The smallest absolute Gasteiger partial charge is 0.252 e. The van der Waals surface area contributed by atoms with Crippen molar-refractivity contribution in [1.29, 1.82) is 0 Å². The zero-order valence-corrected chi connectivity index (χ0v) is 13.8. The highest BCUT2D eigenvalue weighted by atomic mass is 79.9. The zero-order valence-electron chi connectivity index (χ0n) is 9.80. The SMILES string of the molecule is CCC(CSC)NC(=O)c1cc(Br)ccc1Br. The van der Waals surface area contributed by atoms with Crippen LogP contribution in [-0.2, 0) is 0 Å². The maximum absolute atomic E-state index is 12.1. The average molecular weight is 381 g/mol. The lowest BCUT2D eigenvalue weighted by atomic mass is 10.2. The topological polar surface area (TPSA) is 29.1 Å². The number of amides is 1. The second kappa shape index (κ2) is 7.44. The van der Waals surface area contributed by atoms with Gasteiger partial charge in [0.25, 0.3) is 5.91 Å². The summed E-state index contributed by atoms with van der Waals surface area (Å²) in [6, 6.07) is 5.82. The average Bonchev–Trinajstić information content (AvgIpc) is 2.31. The molecular weight excluding hydrogens is 366 g/mol. The Hall–Kier alpha value is -0.000000000000000111. The van der Waals surface area contributed by atoms with E-state index in [2.05, 4.69) is 44.1 Å². The summed E-state index contributed by atoms with van der Waals surface area (Å²) in [5.74, 6) is 0.910. The van der Waals surface area contributed by atoms with Gasteiger partial charge in [-0.1, -0.05) is 22.9 Å². The van der Waals surface area contributed by atoms with Gasteiger partial charge in [-0.25, -0.2) is 0 Å². The van der Waals surface area contributed by atoms with Crippen LogP contribution in [0.3, 0.4) is 0 Å². The molecule has 0 radical (unpaired) electrons. The van der Waals surface area contributed by atoms with E-state index in [-0.39, 0.29) is 11.9 Å². The first-order valence-electron chi connectivity index (χ1n) is 5.33. The van der Waals surface area contributed by atoms with Gasteiger partial charge >= 0.3 is 0 Å². The van der Waals surface area contributed by atoms with Crippen LogP contribution in [0.15, 0.2) is 27.1 Å². The van der Waals surface area contributed by atoms with Gasteiger partial charge in [-0.15, -0.1) is 0 Å². The van der Waals surface area contributed by atoms with Crippen LogP contribution in [0.4, 0.5) is 0 Å². The highest BCUT2D eigenvalue weighted by Gasteiger charge is 2.14. The number of thioether (sulfide) groups is 1. The number of halogens is 2. The van der Waals surface area contributed by atoms with Crippen molar-refractivity contribution in [1.82, 2.24) is 5.32 Å². The van der Waals surface area contributed by atoms with Crippen LogP contribution < -0.4 is 5.32 Å². The molecule has 1 aromatic rings. The number of rotatable bonds is 5. The van der Waals surface area contributed by atoms with Crippen LogP contribution >= 0.6 is 43.6 Å². The van der Waals surface area contributed by atoms with Crippen molar-refractivity contribution in [3.63, 3.8) is 0 Å². The Morgan fingerprint density at radius 1 is 1.47 bits per heavy atom. The Bertz CT molecular complexity index is 398. The molecule has 1 amide bonds. The second-order valence-corrected chi connectivity index (χ2v) is 6.34. The summed E-state index contributed by atoms with van der Waals surface area (Å²) in [4.78, 5) is 12.1. The van der Waals surface area contributed by atoms with Gasteiger partial charge in [-0.05, 0) is 46.8 Å². The second-order valence-electron chi connectivity index (χ2n) is 3.66. The number of hydrogen-bond acceptors (Lipinski definition) is 2. The largest absolute Gasteiger partial charge is 0.348 e. The fraction of sp³-hybridized carbons (Fsp3) is 0.417. The lowest BCUT2D eigenvalue weighted by molar-refractivity contribution is 0.0939. The van der Waals surface area contributed by atoms with Gasteiger partial charge in [-0.3, -0.25) is 4.79 Å². The molecule has 0 spiro atoms. The van der Waals surface area contributed by atoms with Gasteiger partial charge in [0.05, 0.1) is 5.56 Å². The molecule has 0 fully saturated rings. The highest BCUT2D eigenvalue weighted by Crippen LogP contribution is 2.21. The van der Waals surface area contributed by atoms with Crippen LogP contribution in [0.5, 0.6) is 0 Å². The van der Waals surface area contributed by atoms with Crippen molar-refractivity contribution < 1.29 is 4.79 Å². The maximum atomic E-state index is 12.1. The molecule has 17 heavy (non-hydrogen) atoms. The molecule has 94 valence electrons. The van der Waals surface area contributed by atoms with E-state index in [9.17, 15) is 4.79 Å². The monoisotopic (exact) mass is 379 g/mol. The Kier molecular flexibility index (Phi) is 6.59. The van der Waals surface area contributed by atoms with Crippen molar-refractivity contribution in [2.45, 2.75) is 19.4 Å². The molecule has 1 aromatic carbocycles. The Morgan fingerprint density at radius 2 is 2.18 bits per heavy atom. The van der Waals surface area contributed by atoms with E-state index >= 15 is 0 Å².